The summed E-state index contributed by atoms with van der Waals surface area (Å²) in [5, 5.41) is 16.1. The lowest BCUT2D eigenvalue weighted by atomic mass is 10.1. The maximum Gasteiger partial charge on any atom is 0.226 e. The summed E-state index contributed by atoms with van der Waals surface area (Å²) in [6.07, 6.45) is 3.73. The molecule has 0 saturated carbocycles. The molecule has 2 aromatic heterocycles. The van der Waals surface area contributed by atoms with Crippen molar-refractivity contribution in [2.75, 3.05) is 5.32 Å². The zero-order valence-electron chi connectivity index (χ0n) is 16.9. The van der Waals surface area contributed by atoms with E-state index in [0.717, 1.165) is 10.4 Å². The van der Waals surface area contributed by atoms with E-state index in [1.54, 1.807) is 30.5 Å². The number of hydrogen-bond acceptors (Lipinski definition) is 7. The number of hydrogen-bond donors (Lipinski definition) is 1. The number of anilines is 1. The van der Waals surface area contributed by atoms with Gasteiger partial charge in [-0.1, -0.05) is 17.3 Å². The SMILES string of the molecule is N#Cc1ccc(Cc2cnc(NC(=O)CCCc3nc(-c4ccc(F)cc4)no3)s2)cc1. The second-order valence-corrected chi connectivity index (χ2v) is 8.15. The van der Waals surface area contributed by atoms with Gasteiger partial charge in [0.25, 0.3) is 0 Å². The lowest BCUT2D eigenvalue weighted by Gasteiger charge is -2.00. The average Bonchev–Trinajstić information content (AvgIpc) is 3.44. The van der Waals surface area contributed by atoms with Gasteiger partial charge >= 0.3 is 0 Å². The number of aromatic nitrogens is 3. The molecule has 4 rings (SSSR count). The second-order valence-electron chi connectivity index (χ2n) is 7.04. The van der Waals surface area contributed by atoms with E-state index in [1.165, 1.54) is 23.5 Å². The zero-order chi connectivity index (χ0) is 22.3. The van der Waals surface area contributed by atoms with Gasteiger partial charge < -0.3 is 9.84 Å². The number of nitrogens with one attached hydrogen (secondary N) is 1. The van der Waals surface area contributed by atoms with E-state index < -0.39 is 0 Å². The number of nitrogens with zero attached hydrogens (tertiary/aromatic N) is 4. The Hall–Kier alpha value is -3.90. The van der Waals surface area contributed by atoms with E-state index in [-0.39, 0.29) is 11.7 Å². The van der Waals surface area contributed by atoms with Gasteiger partial charge in [0.05, 0.1) is 11.6 Å². The van der Waals surface area contributed by atoms with Crippen molar-refractivity contribution in [3.05, 3.63) is 82.4 Å². The van der Waals surface area contributed by atoms with E-state index in [2.05, 4.69) is 26.5 Å². The lowest BCUT2D eigenvalue weighted by Crippen LogP contribution is -2.11. The summed E-state index contributed by atoms with van der Waals surface area (Å²) in [6, 6.07) is 15.3. The summed E-state index contributed by atoms with van der Waals surface area (Å²) < 4.78 is 18.2. The van der Waals surface area contributed by atoms with Gasteiger partial charge in [0, 0.05) is 35.9 Å². The quantitative estimate of drug-likeness (QED) is 0.418. The normalized spacial score (nSPS) is 10.6. The molecule has 0 radical (unpaired) electrons. The number of carbonyl (C=O) groups is 1. The highest BCUT2D eigenvalue weighted by Crippen LogP contribution is 2.22. The maximum absolute atomic E-state index is 13.0. The molecular formula is C23H18FN5O2S. The molecule has 0 unspecified atom stereocenters. The molecule has 32 heavy (non-hydrogen) atoms. The molecule has 7 nitrogen and oxygen atoms in total. The maximum atomic E-state index is 13.0. The van der Waals surface area contributed by atoms with Crippen LogP contribution < -0.4 is 5.32 Å². The summed E-state index contributed by atoms with van der Waals surface area (Å²) in [7, 11) is 0. The molecule has 1 amide bonds. The van der Waals surface area contributed by atoms with Crippen LogP contribution in [0, 0.1) is 17.1 Å². The van der Waals surface area contributed by atoms with E-state index >= 15 is 0 Å². The first kappa shape index (κ1) is 21.3. The number of benzene rings is 2. The Morgan fingerprint density at radius 2 is 1.94 bits per heavy atom. The molecule has 4 aromatic rings. The standard InChI is InChI=1S/C23H18FN5O2S/c24-18-10-8-17(9-11-18)22-28-21(31-29-22)3-1-2-20(30)27-23-26-14-19(32-23)12-15-4-6-16(13-25)7-5-15/h4-11,14H,1-3,12H2,(H,26,27,30). The van der Waals surface area contributed by atoms with Crippen molar-refractivity contribution in [3.8, 4) is 17.5 Å². The van der Waals surface area contributed by atoms with Crippen LogP contribution in [0.2, 0.25) is 0 Å². The number of halogens is 1. The van der Waals surface area contributed by atoms with E-state index in [4.69, 9.17) is 9.78 Å². The molecule has 0 atom stereocenters. The van der Waals surface area contributed by atoms with Crippen LogP contribution in [0.1, 0.15) is 34.7 Å². The molecule has 0 aliphatic carbocycles. The second kappa shape index (κ2) is 9.94. The Labute approximate surface area is 187 Å². The third kappa shape index (κ3) is 5.62. The Kier molecular flexibility index (Phi) is 6.63. The van der Waals surface area contributed by atoms with Crippen molar-refractivity contribution in [1.29, 1.82) is 5.26 Å². The highest BCUT2D eigenvalue weighted by atomic mass is 32.1. The summed E-state index contributed by atoms with van der Waals surface area (Å²) in [5.74, 6) is 0.353. The first-order chi connectivity index (χ1) is 15.6. The minimum atomic E-state index is -0.329. The minimum absolute atomic E-state index is 0.137. The van der Waals surface area contributed by atoms with Crippen LogP contribution in [0.3, 0.4) is 0 Å². The predicted molar refractivity (Wildman–Crippen MR) is 117 cm³/mol. The van der Waals surface area contributed by atoms with Crippen molar-refractivity contribution in [1.82, 2.24) is 15.1 Å². The lowest BCUT2D eigenvalue weighted by molar-refractivity contribution is -0.116. The third-order valence-electron chi connectivity index (χ3n) is 4.63. The molecule has 0 fully saturated rings. The Balaban J connectivity index is 1.23. The molecule has 0 aliphatic heterocycles. The molecule has 9 heteroatoms. The van der Waals surface area contributed by atoms with Crippen molar-refractivity contribution in [2.24, 2.45) is 0 Å². The highest BCUT2D eigenvalue weighted by molar-refractivity contribution is 7.15. The summed E-state index contributed by atoms with van der Waals surface area (Å²) in [6.45, 7) is 0. The fourth-order valence-corrected chi connectivity index (χ4v) is 3.86. The van der Waals surface area contributed by atoms with Crippen molar-refractivity contribution >= 4 is 22.4 Å². The molecule has 0 spiro atoms. The van der Waals surface area contributed by atoms with Crippen molar-refractivity contribution < 1.29 is 13.7 Å². The number of carbonyl (C=O) groups excluding carboxylic acids is 1. The van der Waals surface area contributed by atoms with Crippen LogP contribution in [-0.4, -0.2) is 21.0 Å². The topological polar surface area (TPSA) is 105 Å². The molecular weight excluding hydrogens is 429 g/mol. The smallest absolute Gasteiger partial charge is 0.226 e. The van der Waals surface area contributed by atoms with E-state index in [0.29, 0.717) is 53.7 Å². The highest BCUT2D eigenvalue weighted by Gasteiger charge is 2.11. The van der Waals surface area contributed by atoms with Crippen LogP contribution in [-0.2, 0) is 17.6 Å². The van der Waals surface area contributed by atoms with Gasteiger partial charge in [0.2, 0.25) is 17.6 Å². The van der Waals surface area contributed by atoms with Gasteiger partial charge in [0.15, 0.2) is 5.13 Å². The number of nitriles is 1. The first-order valence-corrected chi connectivity index (χ1v) is 10.7. The zero-order valence-corrected chi connectivity index (χ0v) is 17.7. The van der Waals surface area contributed by atoms with Crippen LogP contribution in [0.5, 0.6) is 0 Å². The summed E-state index contributed by atoms with van der Waals surface area (Å²) in [4.78, 5) is 21.8. The van der Waals surface area contributed by atoms with E-state index in [9.17, 15) is 9.18 Å². The molecule has 2 heterocycles. The first-order valence-electron chi connectivity index (χ1n) is 9.91. The van der Waals surface area contributed by atoms with Crippen molar-refractivity contribution in [2.45, 2.75) is 25.7 Å². The molecule has 0 bridgehead atoms. The summed E-state index contributed by atoms with van der Waals surface area (Å²) >= 11 is 1.42. The minimum Gasteiger partial charge on any atom is -0.339 e. The molecule has 160 valence electrons. The van der Waals surface area contributed by atoms with Gasteiger partial charge in [-0.25, -0.2) is 9.37 Å². The molecule has 1 N–H and O–H groups in total. The van der Waals surface area contributed by atoms with Crippen LogP contribution in [0.25, 0.3) is 11.4 Å². The fraction of sp³-hybridized carbons (Fsp3) is 0.174. The molecule has 0 saturated heterocycles. The Morgan fingerprint density at radius 3 is 2.69 bits per heavy atom. The monoisotopic (exact) mass is 447 g/mol. The van der Waals surface area contributed by atoms with Gasteiger partial charge in [-0.05, 0) is 48.4 Å². The number of rotatable bonds is 8. The van der Waals surface area contributed by atoms with Crippen molar-refractivity contribution in [3.63, 3.8) is 0 Å². The number of aryl methyl sites for hydroxylation is 1. The fourth-order valence-electron chi connectivity index (χ4n) is 3.00. The van der Waals surface area contributed by atoms with Gasteiger partial charge in [-0.3, -0.25) is 4.79 Å². The number of amides is 1. The van der Waals surface area contributed by atoms with Gasteiger partial charge in [-0.2, -0.15) is 10.2 Å². The van der Waals surface area contributed by atoms with Crippen LogP contribution >= 0.6 is 11.3 Å². The van der Waals surface area contributed by atoms with Gasteiger partial charge in [0.1, 0.15) is 5.82 Å². The van der Waals surface area contributed by atoms with Crippen LogP contribution in [0.15, 0.2) is 59.3 Å². The predicted octanol–water partition coefficient (Wildman–Crippen LogP) is 4.76. The summed E-state index contributed by atoms with van der Waals surface area (Å²) in [5.41, 5.74) is 2.36. The third-order valence-corrected chi connectivity index (χ3v) is 5.54. The van der Waals surface area contributed by atoms with Gasteiger partial charge in [-0.15, -0.1) is 11.3 Å². The van der Waals surface area contributed by atoms with E-state index in [1.807, 2.05) is 12.1 Å². The molecule has 0 aliphatic rings. The molecule has 2 aromatic carbocycles. The number of thiazole rings is 1. The Morgan fingerprint density at radius 1 is 1.16 bits per heavy atom. The largest absolute Gasteiger partial charge is 0.339 e. The average molecular weight is 447 g/mol. The van der Waals surface area contributed by atoms with Crippen LogP contribution in [0.4, 0.5) is 9.52 Å². The Bertz CT molecular complexity index is 1240.